The summed E-state index contributed by atoms with van der Waals surface area (Å²) in [6.07, 6.45) is 1.07. The molecule has 0 atom stereocenters. The number of hydrogen-bond donors (Lipinski definition) is 1. The topological polar surface area (TPSA) is 29.3 Å². The Morgan fingerprint density at radius 3 is 2.83 bits per heavy atom. The molecule has 1 heterocycles. The third kappa shape index (κ3) is 3.06. The largest absolute Gasteiger partial charge is 0.398 e. The fourth-order valence-corrected chi connectivity index (χ4v) is 3.19. The van der Waals surface area contributed by atoms with Crippen LogP contribution in [0.5, 0.6) is 0 Å². The zero-order valence-corrected chi connectivity index (χ0v) is 13.0. The maximum Gasteiger partial charge on any atom is 0.0512 e. The molecule has 2 rings (SSSR count). The average molecular weight is 325 g/mol. The van der Waals surface area contributed by atoms with Crippen LogP contribution in [0.1, 0.15) is 10.4 Å². The first-order valence-electron chi connectivity index (χ1n) is 5.87. The first-order valence-corrected chi connectivity index (χ1v) is 7.54. The number of hydrogen-bond acceptors (Lipinski definition) is 3. The molecule has 0 aliphatic rings. The van der Waals surface area contributed by atoms with Gasteiger partial charge in [0.05, 0.1) is 5.69 Å². The Morgan fingerprint density at radius 2 is 2.17 bits per heavy atom. The van der Waals surface area contributed by atoms with Crippen LogP contribution in [0.2, 0.25) is 0 Å². The van der Waals surface area contributed by atoms with Crippen LogP contribution in [-0.4, -0.2) is 13.6 Å². The van der Waals surface area contributed by atoms with Crippen LogP contribution < -0.4 is 10.6 Å². The second-order valence-electron chi connectivity index (χ2n) is 4.41. The van der Waals surface area contributed by atoms with Crippen molar-refractivity contribution in [1.82, 2.24) is 0 Å². The molecule has 0 bridgehead atoms. The summed E-state index contributed by atoms with van der Waals surface area (Å²) >= 11 is 5.39. The Hall–Kier alpha value is -1.00. The second-order valence-corrected chi connectivity index (χ2v) is 6.30. The monoisotopic (exact) mass is 324 g/mol. The van der Waals surface area contributed by atoms with Gasteiger partial charge in [-0.3, -0.25) is 0 Å². The predicted octanol–water partition coefficient (Wildman–Crippen LogP) is 4.08. The molecule has 0 aliphatic carbocycles. The van der Waals surface area contributed by atoms with E-state index in [9.17, 15) is 0 Å². The number of benzene rings is 1. The zero-order valence-electron chi connectivity index (χ0n) is 10.6. The molecule has 0 unspecified atom stereocenters. The van der Waals surface area contributed by atoms with E-state index in [4.69, 9.17) is 5.73 Å². The lowest BCUT2D eigenvalue weighted by Crippen LogP contribution is -2.20. The van der Waals surface area contributed by atoms with Crippen molar-refractivity contribution in [3.05, 3.63) is 44.6 Å². The summed E-state index contributed by atoms with van der Waals surface area (Å²) in [6.45, 7) is 3.04. The second kappa shape index (κ2) is 5.76. The van der Waals surface area contributed by atoms with E-state index in [-0.39, 0.29) is 0 Å². The molecule has 2 nitrogen and oxygen atoms in total. The first kappa shape index (κ1) is 13.4. The van der Waals surface area contributed by atoms with Gasteiger partial charge in [0.25, 0.3) is 0 Å². The zero-order chi connectivity index (χ0) is 13.1. The lowest BCUT2D eigenvalue weighted by molar-refractivity contribution is 0.884. The maximum absolute atomic E-state index is 5.89. The third-order valence-electron chi connectivity index (χ3n) is 3.02. The van der Waals surface area contributed by atoms with Gasteiger partial charge in [-0.2, -0.15) is 0 Å². The van der Waals surface area contributed by atoms with Gasteiger partial charge in [0, 0.05) is 28.6 Å². The van der Waals surface area contributed by atoms with Crippen molar-refractivity contribution in [3.8, 4) is 0 Å². The normalized spacial score (nSPS) is 10.6. The number of thiophene rings is 1. The molecule has 2 N–H and O–H groups in total. The Bertz CT molecular complexity index is 523. The molecule has 2 aromatic rings. The van der Waals surface area contributed by atoms with Crippen molar-refractivity contribution in [2.24, 2.45) is 0 Å². The van der Waals surface area contributed by atoms with E-state index in [1.807, 2.05) is 24.3 Å². The van der Waals surface area contributed by atoms with Crippen LogP contribution in [0.3, 0.4) is 0 Å². The standard InChI is InChI=1S/C14H17BrN2S/c1-10-8-14(12(15)9-13(10)16)17(2)6-5-11-4-3-7-18-11/h3-4,7-9H,5-6,16H2,1-2H3. The molecule has 1 aromatic carbocycles. The minimum atomic E-state index is 0.831. The van der Waals surface area contributed by atoms with E-state index < -0.39 is 0 Å². The van der Waals surface area contributed by atoms with Crippen LogP contribution in [-0.2, 0) is 6.42 Å². The quantitative estimate of drug-likeness (QED) is 0.858. The highest BCUT2D eigenvalue weighted by molar-refractivity contribution is 9.10. The summed E-state index contributed by atoms with van der Waals surface area (Å²) < 4.78 is 1.05. The number of anilines is 2. The molecule has 0 amide bonds. The molecule has 0 fully saturated rings. The Morgan fingerprint density at radius 1 is 1.39 bits per heavy atom. The van der Waals surface area contributed by atoms with Crippen LogP contribution in [0.15, 0.2) is 34.1 Å². The number of nitrogens with zero attached hydrogens (tertiary/aromatic N) is 1. The van der Waals surface area contributed by atoms with Crippen molar-refractivity contribution in [1.29, 1.82) is 0 Å². The van der Waals surface area contributed by atoms with Gasteiger partial charge in [0.15, 0.2) is 0 Å². The molecule has 0 aliphatic heterocycles. The van der Waals surface area contributed by atoms with Gasteiger partial charge < -0.3 is 10.6 Å². The SMILES string of the molecule is Cc1cc(N(C)CCc2cccs2)c(Br)cc1N. The lowest BCUT2D eigenvalue weighted by Gasteiger charge is -2.21. The van der Waals surface area contributed by atoms with Crippen molar-refractivity contribution >= 4 is 38.6 Å². The van der Waals surface area contributed by atoms with Gasteiger partial charge in [0.2, 0.25) is 0 Å². The Labute approximate surface area is 121 Å². The van der Waals surface area contributed by atoms with Gasteiger partial charge in [-0.25, -0.2) is 0 Å². The van der Waals surface area contributed by atoms with Gasteiger partial charge >= 0.3 is 0 Å². The molecule has 0 radical (unpaired) electrons. The summed E-state index contributed by atoms with van der Waals surface area (Å²) in [7, 11) is 2.11. The molecule has 18 heavy (non-hydrogen) atoms. The third-order valence-corrected chi connectivity index (χ3v) is 4.59. The highest BCUT2D eigenvalue weighted by Crippen LogP contribution is 2.30. The Kier molecular flexibility index (Phi) is 4.30. The summed E-state index contributed by atoms with van der Waals surface area (Å²) in [4.78, 5) is 3.68. The predicted molar refractivity (Wildman–Crippen MR) is 84.6 cm³/mol. The van der Waals surface area contributed by atoms with Crippen LogP contribution in [0.4, 0.5) is 11.4 Å². The number of likely N-dealkylation sites (N-methyl/N-ethyl adjacent to an activating group) is 1. The van der Waals surface area contributed by atoms with E-state index in [1.165, 1.54) is 10.6 Å². The van der Waals surface area contributed by atoms with Crippen molar-refractivity contribution in [2.45, 2.75) is 13.3 Å². The summed E-state index contributed by atoms with van der Waals surface area (Å²) in [5.74, 6) is 0. The van der Waals surface area contributed by atoms with Gasteiger partial charge in [0.1, 0.15) is 0 Å². The van der Waals surface area contributed by atoms with Gasteiger partial charge in [-0.1, -0.05) is 6.07 Å². The minimum absolute atomic E-state index is 0.831. The maximum atomic E-state index is 5.89. The van der Waals surface area contributed by atoms with Gasteiger partial charge in [-0.05, 0) is 58.4 Å². The summed E-state index contributed by atoms with van der Waals surface area (Å²) in [5, 5.41) is 2.12. The van der Waals surface area contributed by atoms with E-state index in [0.717, 1.165) is 28.7 Å². The summed E-state index contributed by atoms with van der Waals surface area (Å²) in [5.41, 5.74) is 9.04. The molecule has 0 saturated heterocycles. The summed E-state index contributed by atoms with van der Waals surface area (Å²) in [6, 6.07) is 8.39. The molecule has 4 heteroatoms. The number of nitrogen functional groups attached to an aromatic ring is 1. The van der Waals surface area contributed by atoms with E-state index in [1.54, 1.807) is 0 Å². The number of nitrogens with two attached hydrogens (primary N) is 1. The highest BCUT2D eigenvalue weighted by Gasteiger charge is 2.08. The lowest BCUT2D eigenvalue weighted by atomic mass is 10.1. The fourth-order valence-electron chi connectivity index (χ4n) is 1.83. The first-order chi connectivity index (χ1) is 8.58. The van der Waals surface area contributed by atoms with Crippen LogP contribution >= 0.6 is 27.3 Å². The molecular formula is C14H17BrN2S. The van der Waals surface area contributed by atoms with E-state index >= 15 is 0 Å². The van der Waals surface area contributed by atoms with E-state index in [0.29, 0.717) is 0 Å². The number of halogens is 1. The Balaban J connectivity index is 2.09. The van der Waals surface area contributed by atoms with Crippen molar-refractivity contribution < 1.29 is 0 Å². The van der Waals surface area contributed by atoms with Gasteiger partial charge in [-0.15, -0.1) is 11.3 Å². The van der Waals surface area contributed by atoms with E-state index in [2.05, 4.69) is 51.5 Å². The van der Waals surface area contributed by atoms with Crippen LogP contribution in [0, 0.1) is 6.92 Å². The van der Waals surface area contributed by atoms with Crippen LogP contribution in [0.25, 0.3) is 0 Å². The molecule has 96 valence electrons. The molecule has 1 aromatic heterocycles. The molecular weight excluding hydrogens is 308 g/mol. The number of rotatable bonds is 4. The van der Waals surface area contributed by atoms with Crippen molar-refractivity contribution in [2.75, 3.05) is 24.2 Å². The molecule has 0 saturated carbocycles. The average Bonchev–Trinajstić information content (AvgIpc) is 2.84. The molecule has 0 spiro atoms. The highest BCUT2D eigenvalue weighted by atomic mass is 79.9. The number of aryl methyl sites for hydroxylation is 1. The smallest absolute Gasteiger partial charge is 0.0512 e. The fraction of sp³-hybridized carbons (Fsp3) is 0.286. The minimum Gasteiger partial charge on any atom is -0.398 e. The van der Waals surface area contributed by atoms with Crippen molar-refractivity contribution in [3.63, 3.8) is 0 Å².